The minimum atomic E-state index is 0.426. The van der Waals surface area contributed by atoms with Gasteiger partial charge >= 0.3 is 0 Å². The first-order chi connectivity index (χ1) is 12.8. The van der Waals surface area contributed by atoms with Crippen LogP contribution in [0.3, 0.4) is 0 Å². The number of aryl methyl sites for hydroxylation is 1. The minimum Gasteiger partial charge on any atom is -0.310 e. The second-order valence-electron chi connectivity index (χ2n) is 6.96. The average Bonchev–Trinajstić information content (AvgIpc) is 2.69. The fraction of sp³-hybridized carbons (Fsp3) is 0.208. The summed E-state index contributed by atoms with van der Waals surface area (Å²) < 4.78 is 0. The molecule has 1 aliphatic rings. The summed E-state index contributed by atoms with van der Waals surface area (Å²) in [6.45, 7) is 3.08. The van der Waals surface area contributed by atoms with Crippen LogP contribution in [0.5, 0.6) is 0 Å². The smallest absolute Gasteiger partial charge is 0.0425 e. The summed E-state index contributed by atoms with van der Waals surface area (Å²) in [5.74, 6) is 0. The molecule has 2 heteroatoms. The highest BCUT2D eigenvalue weighted by Crippen LogP contribution is 2.26. The zero-order valence-corrected chi connectivity index (χ0v) is 15.2. The third-order valence-electron chi connectivity index (χ3n) is 5.09. The number of pyridine rings is 1. The number of aromatic nitrogens is 1. The van der Waals surface area contributed by atoms with E-state index in [1.54, 1.807) is 0 Å². The third-order valence-corrected chi connectivity index (χ3v) is 5.09. The Balaban J connectivity index is 1.51. The largest absolute Gasteiger partial charge is 0.310 e. The van der Waals surface area contributed by atoms with Gasteiger partial charge in [0.2, 0.25) is 0 Å². The van der Waals surface area contributed by atoms with Crippen LogP contribution in [0.2, 0.25) is 0 Å². The molecule has 1 unspecified atom stereocenters. The van der Waals surface area contributed by atoms with Crippen molar-refractivity contribution in [3.05, 3.63) is 95.8 Å². The Bertz CT molecular complexity index is 912. The molecule has 0 saturated heterocycles. The molecule has 0 bridgehead atoms. The molecule has 0 fully saturated rings. The van der Waals surface area contributed by atoms with Gasteiger partial charge in [-0.1, -0.05) is 60.7 Å². The number of nitrogens with one attached hydrogen (secondary N) is 1. The Morgan fingerprint density at radius 2 is 1.77 bits per heavy atom. The van der Waals surface area contributed by atoms with Crippen LogP contribution in [0.4, 0.5) is 0 Å². The zero-order chi connectivity index (χ0) is 17.8. The molecule has 2 heterocycles. The van der Waals surface area contributed by atoms with E-state index in [0.717, 1.165) is 25.1 Å². The lowest BCUT2D eigenvalue weighted by Gasteiger charge is -2.24. The second-order valence-corrected chi connectivity index (χ2v) is 6.96. The van der Waals surface area contributed by atoms with Crippen LogP contribution in [0, 0.1) is 6.92 Å². The average molecular weight is 340 g/mol. The molecule has 4 rings (SSSR count). The number of hydrogen-bond donors (Lipinski definition) is 1. The lowest BCUT2D eigenvalue weighted by Crippen LogP contribution is -2.34. The number of nitrogens with zero attached hydrogens (tertiary/aromatic N) is 1. The Hall–Kier alpha value is -2.71. The molecule has 0 spiro atoms. The molecular formula is C24H24N2. The fourth-order valence-electron chi connectivity index (χ4n) is 3.71. The maximum Gasteiger partial charge on any atom is 0.0425 e. The van der Waals surface area contributed by atoms with Gasteiger partial charge in [0.25, 0.3) is 0 Å². The number of benzene rings is 2. The number of hydrogen-bond acceptors (Lipinski definition) is 2. The molecule has 0 aliphatic carbocycles. The summed E-state index contributed by atoms with van der Waals surface area (Å²) >= 11 is 0. The van der Waals surface area contributed by atoms with Gasteiger partial charge in [0, 0.05) is 30.9 Å². The first-order valence-corrected chi connectivity index (χ1v) is 9.28. The molecule has 1 N–H and O–H groups in total. The maximum absolute atomic E-state index is 4.63. The summed E-state index contributed by atoms with van der Waals surface area (Å²) in [6, 6.07) is 24.0. The zero-order valence-electron chi connectivity index (χ0n) is 15.2. The van der Waals surface area contributed by atoms with Gasteiger partial charge in [0.05, 0.1) is 0 Å². The van der Waals surface area contributed by atoms with Crippen LogP contribution >= 0.6 is 0 Å². The summed E-state index contributed by atoms with van der Waals surface area (Å²) in [5.41, 5.74) is 7.76. The van der Waals surface area contributed by atoms with E-state index in [9.17, 15) is 0 Å². The summed E-state index contributed by atoms with van der Waals surface area (Å²) in [4.78, 5) is 4.63. The number of rotatable bonds is 4. The van der Waals surface area contributed by atoms with Crippen molar-refractivity contribution < 1.29 is 0 Å². The van der Waals surface area contributed by atoms with Crippen molar-refractivity contribution in [3.8, 4) is 11.1 Å². The molecule has 26 heavy (non-hydrogen) atoms. The van der Waals surface area contributed by atoms with E-state index < -0.39 is 0 Å². The molecule has 2 aromatic carbocycles. The van der Waals surface area contributed by atoms with Crippen LogP contribution in [-0.4, -0.2) is 17.6 Å². The topological polar surface area (TPSA) is 24.9 Å². The van der Waals surface area contributed by atoms with Crippen LogP contribution in [0.15, 0.2) is 79.0 Å². The fourth-order valence-corrected chi connectivity index (χ4v) is 3.71. The molecule has 130 valence electrons. The van der Waals surface area contributed by atoms with Crippen molar-refractivity contribution in [1.29, 1.82) is 0 Å². The summed E-state index contributed by atoms with van der Waals surface area (Å²) in [7, 11) is 0. The predicted molar refractivity (Wildman–Crippen MR) is 109 cm³/mol. The molecular weight excluding hydrogens is 316 g/mol. The third kappa shape index (κ3) is 3.76. The normalized spacial score (nSPS) is 17.0. The van der Waals surface area contributed by atoms with Gasteiger partial charge in [-0.3, -0.25) is 4.98 Å². The first kappa shape index (κ1) is 16.7. The van der Waals surface area contributed by atoms with E-state index in [1.807, 2.05) is 6.20 Å². The minimum absolute atomic E-state index is 0.426. The molecule has 0 amide bonds. The van der Waals surface area contributed by atoms with Gasteiger partial charge in [-0.05, 0) is 53.3 Å². The van der Waals surface area contributed by atoms with Crippen LogP contribution < -0.4 is 5.32 Å². The van der Waals surface area contributed by atoms with Crippen LogP contribution in [0.1, 0.15) is 23.2 Å². The van der Waals surface area contributed by atoms with Crippen molar-refractivity contribution in [3.63, 3.8) is 0 Å². The van der Waals surface area contributed by atoms with E-state index >= 15 is 0 Å². The van der Waals surface area contributed by atoms with Gasteiger partial charge in [0.1, 0.15) is 0 Å². The molecule has 0 saturated carbocycles. The summed E-state index contributed by atoms with van der Waals surface area (Å²) in [5, 5.41) is 3.62. The monoisotopic (exact) mass is 340 g/mol. The molecule has 3 aromatic rings. The van der Waals surface area contributed by atoms with Crippen molar-refractivity contribution in [1.82, 2.24) is 10.3 Å². The van der Waals surface area contributed by atoms with Crippen LogP contribution in [0.25, 0.3) is 16.7 Å². The molecule has 2 nitrogen and oxygen atoms in total. The lowest BCUT2D eigenvalue weighted by atomic mass is 9.92. The van der Waals surface area contributed by atoms with Gasteiger partial charge in [-0.25, -0.2) is 0 Å². The highest BCUT2D eigenvalue weighted by Gasteiger charge is 2.17. The van der Waals surface area contributed by atoms with Crippen molar-refractivity contribution in [2.24, 2.45) is 0 Å². The van der Waals surface area contributed by atoms with E-state index in [0.29, 0.717) is 6.04 Å². The van der Waals surface area contributed by atoms with E-state index in [2.05, 4.69) is 90.0 Å². The highest BCUT2D eigenvalue weighted by molar-refractivity contribution is 5.68. The van der Waals surface area contributed by atoms with Gasteiger partial charge in [-0.2, -0.15) is 0 Å². The molecule has 0 radical (unpaired) electrons. The predicted octanol–water partition coefficient (Wildman–Crippen LogP) is 5.05. The highest BCUT2D eigenvalue weighted by atomic mass is 14.9. The summed E-state index contributed by atoms with van der Waals surface area (Å²) in [6.07, 6.45) is 6.24. The molecule has 1 aliphatic heterocycles. The Morgan fingerprint density at radius 1 is 0.962 bits per heavy atom. The Labute approximate surface area is 155 Å². The molecule has 1 atom stereocenters. The Morgan fingerprint density at radius 3 is 2.62 bits per heavy atom. The second kappa shape index (κ2) is 7.67. The van der Waals surface area contributed by atoms with Crippen LogP contribution in [-0.2, 0) is 6.42 Å². The molecule has 1 aromatic heterocycles. The maximum atomic E-state index is 4.63. The van der Waals surface area contributed by atoms with Crippen molar-refractivity contribution >= 4 is 5.57 Å². The van der Waals surface area contributed by atoms with E-state index in [1.165, 1.54) is 27.8 Å². The van der Waals surface area contributed by atoms with Gasteiger partial charge in [-0.15, -0.1) is 0 Å². The van der Waals surface area contributed by atoms with Crippen molar-refractivity contribution in [2.75, 3.05) is 6.54 Å². The standard InChI is InChI=1S/C24H24N2/c1-18-7-5-6-10-24(18)21-12-14-26-23(16-21)17-22-15-20(11-13-25-22)19-8-3-2-4-9-19/h2-12,14,16,22,25H,13,15,17H2,1H3. The first-order valence-electron chi connectivity index (χ1n) is 9.28. The lowest BCUT2D eigenvalue weighted by molar-refractivity contribution is 0.528. The Kier molecular flexibility index (Phi) is 4.94. The SMILES string of the molecule is Cc1ccccc1-c1ccnc(CC2CC(c3ccccc3)=CCN2)c1. The van der Waals surface area contributed by atoms with Gasteiger partial charge in [0.15, 0.2) is 0 Å². The van der Waals surface area contributed by atoms with E-state index in [4.69, 9.17) is 0 Å². The van der Waals surface area contributed by atoms with Crippen molar-refractivity contribution in [2.45, 2.75) is 25.8 Å². The van der Waals surface area contributed by atoms with E-state index in [-0.39, 0.29) is 0 Å². The van der Waals surface area contributed by atoms with Gasteiger partial charge < -0.3 is 5.32 Å². The quantitative estimate of drug-likeness (QED) is 0.719.